The van der Waals surface area contributed by atoms with Gasteiger partial charge in [-0.05, 0) is 52.6 Å². The molecule has 2 aromatic heterocycles. The van der Waals surface area contributed by atoms with Gasteiger partial charge in [0.2, 0.25) is 11.3 Å². The molecule has 12 heteroatoms. The zero-order chi connectivity index (χ0) is 26.9. The van der Waals surface area contributed by atoms with E-state index >= 15 is 0 Å². The summed E-state index contributed by atoms with van der Waals surface area (Å²) in [6.07, 6.45) is 7.44. The lowest BCUT2D eigenvalue weighted by molar-refractivity contribution is 0.186. The van der Waals surface area contributed by atoms with E-state index in [4.69, 9.17) is 18.9 Å². The van der Waals surface area contributed by atoms with Crippen LogP contribution >= 0.6 is 0 Å². The number of ether oxygens (including phenoxy) is 4. The summed E-state index contributed by atoms with van der Waals surface area (Å²) in [6, 6.07) is 0. The lowest BCUT2D eigenvalue weighted by Gasteiger charge is -2.29. The number of fused-ring (bicyclic) bond motifs is 2. The van der Waals surface area contributed by atoms with Crippen molar-refractivity contribution >= 4 is 26.9 Å². The van der Waals surface area contributed by atoms with Crippen molar-refractivity contribution < 1.29 is 18.9 Å². The van der Waals surface area contributed by atoms with Crippen LogP contribution in [0.25, 0.3) is 0 Å². The highest BCUT2D eigenvalue weighted by atomic mass is 16.6. The quantitative estimate of drug-likeness (QED) is 0.524. The normalized spacial score (nSPS) is 24.1. The van der Waals surface area contributed by atoms with E-state index in [1.165, 1.54) is 12.4 Å². The first kappa shape index (κ1) is 25.7. The average molecular weight is 525 g/mol. The van der Waals surface area contributed by atoms with Gasteiger partial charge in [-0.2, -0.15) is 0 Å². The van der Waals surface area contributed by atoms with E-state index < -0.39 is 11.3 Å². The maximum atomic E-state index is 12.9. The summed E-state index contributed by atoms with van der Waals surface area (Å²) < 4.78 is 25.4. The summed E-state index contributed by atoms with van der Waals surface area (Å²) in [6.45, 7) is 14.7. The highest BCUT2D eigenvalue weighted by Gasteiger charge is 2.37. The molecular weight excluding hydrogens is 492 g/mol. The fourth-order valence-corrected chi connectivity index (χ4v) is 5.52. The summed E-state index contributed by atoms with van der Waals surface area (Å²) >= 11 is 0. The van der Waals surface area contributed by atoms with Crippen LogP contribution in [0.2, 0.25) is 0 Å². The predicted octanol–water partition coefficient (Wildman–Crippen LogP) is 3.94. The van der Waals surface area contributed by atoms with E-state index in [9.17, 15) is 10.4 Å². The lowest BCUT2D eigenvalue weighted by Crippen LogP contribution is -2.36. The van der Waals surface area contributed by atoms with Crippen LogP contribution in [0.3, 0.4) is 0 Å². The van der Waals surface area contributed by atoms with Crippen LogP contribution in [0.15, 0.2) is 32.4 Å². The Morgan fingerprint density at radius 2 is 0.974 bits per heavy atom. The number of rotatable bonds is 6. The molecule has 0 saturated heterocycles. The Kier molecular flexibility index (Phi) is 6.80. The van der Waals surface area contributed by atoms with Crippen LogP contribution in [0, 0.1) is 10.4 Å². The van der Waals surface area contributed by atoms with Gasteiger partial charge in [-0.1, -0.05) is 12.8 Å². The Morgan fingerprint density at radius 1 is 0.632 bits per heavy atom. The van der Waals surface area contributed by atoms with Crippen molar-refractivity contribution in [3.63, 3.8) is 0 Å². The van der Waals surface area contributed by atoms with E-state index in [0.717, 1.165) is 48.0 Å². The standard InChI is InChI=1S/C26H32N6O6/c1-27-25(28-2)13-35-19-11-31(33)21(23(19)37-15-25)17-7-5-9-18(10-6-8-17)22-24-20(12-32(22)34)36-14-26(29-3,30-4)16-38-24/h11-12,17-18H,1-10,13-16H2/q-2. The average Bonchev–Trinajstić information content (AvgIpc) is 3.24. The Bertz CT molecular complexity index is 1120. The number of aromatic nitrogens is 2. The van der Waals surface area contributed by atoms with Crippen LogP contribution in [0.4, 0.5) is 0 Å². The zero-order valence-electron chi connectivity index (χ0n) is 21.3. The van der Waals surface area contributed by atoms with Gasteiger partial charge < -0.3 is 38.8 Å². The molecule has 2 aromatic rings. The number of hydrogen-bond donors (Lipinski definition) is 0. The third kappa shape index (κ3) is 4.37. The molecule has 1 fully saturated rings. The lowest BCUT2D eigenvalue weighted by atomic mass is 9.83. The largest absolute Gasteiger partial charge is 0.806 e. The van der Waals surface area contributed by atoms with E-state index in [2.05, 4.69) is 46.8 Å². The zero-order valence-corrected chi connectivity index (χ0v) is 21.3. The second kappa shape index (κ2) is 10.1. The number of aliphatic imine (C=N–C) groups is 4. The molecule has 1 saturated carbocycles. The van der Waals surface area contributed by atoms with Gasteiger partial charge in [0.1, 0.15) is 26.4 Å². The molecule has 38 heavy (non-hydrogen) atoms. The van der Waals surface area contributed by atoms with Gasteiger partial charge in [0, 0.05) is 24.2 Å². The fourth-order valence-electron chi connectivity index (χ4n) is 5.52. The van der Waals surface area contributed by atoms with Crippen LogP contribution in [0.5, 0.6) is 23.0 Å². The van der Waals surface area contributed by atoms with Crippen molar-refractivity contribution in [3.8, 4) is 23.0 Å². The molecule has 204 valence electrons. The third-order valence-corrected chi connectivity index (χ3v) is 7.83. The molecule has 0 unspecified atom stereocenters. The van der Waals surface area contributed by atoms with Gasteiger partial charge in [0.05, 0.1) is 11.4 Å². The van der Waals surface area contributed by atoms with Crippen molar-refractivity contribution in [1.82, 2.24) is 9.46 Å². The third-order valence-electron chi connectivity index (χ3n) is 7.83. The molecule has 0 radical (unpaired) electrons. The van der Waals surface area contributed by atoms with Crippen molar-refractivity contribution in [3.05, 3.63) is 34.2 Å². The topological polar surface area (TPSA) is 142 Å². The molecule has 0 amide bonds. The molecule has 0 atom stereocenters. The Labute approximate surface area is 220 Å². The maximum absolute atomic E-state index is 12.9. The van der Waals surface area contributed by atoms with Crippen LogP contribution in [-0.4, -0.2) is 74.1 Å². The molecule has 3 aliphatic rings. The molecule has 2 aliphatic heterocycles. The highest BCUT2D eigenvalue weighted by Crippen LogP contribution is 2.48. The van der Waals surface area contributed by atoms with Crippen molar-refractivity contribution in [2.24, 2.45) is 20.0 Å². The molecular formula is C26H32N6O6-2. The minimum atomic E-state index is -1.01. The molecule has 0 aromatic carbocycles. The van der Waals surface area contributed by atoms with Crippen LogP contribution < -0.4 is 18.9 Å². The Hall–Kier alpha value is -3.96. The van der Waals surface area contributed by atoms with E-state index in [-0.39, 0.29) is 38.3 Å². The van der Waals surface area contributed by atoms with E-state index in [0.29, 0.717) is 34.4 Å². The number of hydrogen-bond acceptors (Lipinski definition) is 10. The fraction of sp³-hybridized carbons (Fsp3) is 0.538. The van der Waals surface area contributed by atoms with Crippen molar-refractivity contribution in [2.45, 2.75) is 61.7 Å². The summed E-state index contributed by atoms with van der Waals surface area (Å²) in [5.74, 6) is 1.61. The minimum Gasteiger partial charge on any atom is -0.806 e. The maximum Gasteiger partial charge on any atom is 0.215 e. The predicted molar refractivity (Wildman–Crippen MR) is 145 cm³/mol. The molecule has 12 nitrogen and oxygen atoms in total. The summed E-state index contributed by atoms with van der Waals surface area (Å²) in [7, 11) is 0. The van der Waals surface area contributed by atoms with Gasteiger partial charge in [-0.3, -0.25) is 20.0 Å². The molecule has 0 bridgehead atoms. The Morgan fingerprint density at radius 3 is 1.32 bits per heavy atom. The highest BCUT2D eigenvalue weighted by molar-refractivity contribution is 5.50. The van der Waals surface area contributed by atoms with Crippen molar-refractivity contribution in [2.75, 3.05) is 26.4 Å². The van der Waals surface area contributed by atoms with Crippen molar-refractivity contribution in [1.29, 1.82) is 0 Å². The summed E-state index contributed by atoms with van der Waals surface area (Å²) in [5.41, 5.74) is -0.896. The Balaban J connectivity index is 1.31. The second-order valence-electron chi connectivity index (χ2n) is 10.1. The smallest absolute Gasteiger partial charge is 0.215 e. The van der Waals surface area contributed by atoms with E-state index in [1.54, 1.807) is 0 Å². The van der Waals surface area contributed by atoms with E-state index in [1.807, 2.05) is 0 Å². The molecule has 4 heterocycles. The molecule has 0 N–H and O–H groups in total. The minimum absolute atomic E-state index is 0.0182. The van der Waals surface area contributed by atoms with Gasteiger partial charge in [-0.25, -0.2) is 0 Å². The van der Waals surface area contributed by atoms with Crippen LogP contribution in [0.1, 0.15) is 61.7 Å². The summed E-state index contributed by atoms with van der Waals surface area (Å²) in [4.78, 5) is 16.1. The molecule has 1 aliphatic carbocycles. The molecule has 0 spiro atoms. The van der Waals surface area contributed by atoms with Crippen LogP contribution in [-0.2, 0) is 0 Å². The van der Waals surface area contributed by atoms with Gasteiger partial charge in [0.15, 0.2) is 23.0 Å². The number of nitrogens with zero attached hydrogens (tertiary/aromatic N) is 6. The molecule has 5 rings (SSSR count). The first-order valence-electron chi connectivity index (χ1n) is 12.7. The van der Waals surface area contributed by atoms with Gasteiger partial charge in [-0.15, -0.1) is 0 Å². The SMILES string of the molecule is C=NC1(N=C)COc2cn([O-])c(C3CCCC(c4c5c(cn4[O-])OCC(N=C)(N=C)CO5)CCC3)c2OC1. The van der Waals surface area contributed by atoms with Gasteiger partial charge in [0.25, 0.3) is 0 Å². The first-order chi connectivity index (χ1) is 18.4. The second-order valence-corrected chi connectivity index (χ2v) is 10.1. The van der Waals surface area contributed by atoms with Gasteiger partial charge >= 0.3 is 0 Å². The monoisotopic (exact) mass is 524 g/mol. The summed E-state index contributed by atoms with van der Waals surface area (Å²) in [5, 5.41) is 25.8. The first-order valence-corrected chi connectivity index (χ1v) is 12.7.